The third-order valence-corrected chi connectivity index (χ3v) is 3.45. The first kappa shape index (κ1) is 11.7. The minimum absolute atomic E-state index is 0.742. The molecule has 1 aliphatic heterocycles. The van der Waals surface area contributed by atoms with Gasteiger partial charge in [0, 0.05) is 5.02 Å². The average molecular weight is 236 g/mol. The van der Waals surface area contributed by atoms with Crippen molar-refractivity contribution < 1.29 is 0 Å². The third kappa shape index (κ3) is 3.36. The number of hydrogen-bond acceptors (Lipinski definition) is 1. The fourth-order valence-corrected chi connectivity index (χ4v) is 2.17. The lowest BCUT2D eigenvalue weighted by Gasteiger charge is -2.26. The second kappa shape index (κ2) is 5.51. The molecular formula is C14H18ClN. The van der Waals surface area contributed by atoms with Crippen LogP contribution < -0.4 is 0 Å². The second-order valence-corrected chi connectivity index (χ2v) is 4.99. The molecule has 0 bridgehead atoms. The molecule has 0 amide bonds. The number of hydrogen-bond donors (Lipinski definition) is 0. The summed E-state index contributed by atoms with van der Waals surface area (Å²) in [6.07, 6.45) is 7.11. The van der Waals surface area contributed by atoms with Crippen molar-refractivity contribution in [1.82, 2.24) is 4.90 Å². The Balaban J connectivity index is 1.91. The third-order valence-electron chi connectivity index (χ3n) is 3.19. The van der Waals surface area contributed by atoms with E-state index in [0.717, 1.165) is 10.9 Å². The molecule has 0 radical (unpaired) electrons. The van der Waals surface area contributed by atoms with Gasteiger partial charge in [-0.05, 0) is 56.6 Å². The molecule has 1 aromatic rings. The fraction of sp³-hybridized carbons (Fsp3) is 0.429. The Hall–Kier alpha value is -0.790. The van der Waals surface area contributed by atoms with Gasteiger partial charge >= 0.3 is 0 Å². The summed E-state index contributed by atoms with van der Waals surface area (Å²) in [5, 5.41) is 0.802. The SMILES string of the molecule is CN1CCC(/C=C/c2ccc(Cl)cc2)CC1. The lowest BCUT2D eigenvalue weighted by Crippen LogP contribution is -2.29. The maximum atomic E-state index is 5.85. The van der Waals surface area contributed by atoms with E-state index in [0.29, 0.717) is 0 Å². The molecule has 0 aromatic heterocycles. The predicted molar refractivity (Wildman–Crippen MR) is 70.7 cm³/mol. The van der Waals surface area contributed by atoms with Gasteiger partial charge in [-0.25, -0.2) is 0 Å². The van der Waals surface area contributed by atoms with Crippen LogP contribution in [0.15, 0.2) is 30.3 Å². The molecule has 1 fully saturated rings. The summed E-state index contributed by atoms with van der Waals surface area (Å²) in [5.74, 6) is 0.742. The molecular weight excluding hydrogens is 218 g/mol. The van der Waals surface area contributed by atoms with Gasteiger partial charge in [-0.15, -0.1) is 0 Å². The van der Waals surface area contributed by atoms with Crippen molar-refractivity contribution in [1.29, 1.82) is 0 Å². The number of allylic oxidation sites excluding steroid dienone is 1. The van der Waals surface area contributed by atoms with E-state index >= 15 is 0 Å². The molecule has 0 unspecified atom stereocenters. The van der Waals surface area contributed by atoms with E-state index < -0.39 is 0 Å². The van der Waals surface area contributed by atoms with Crippen LogP contribution in [-0.2, 0) is 0 Å². The van der Waals surface area contributed by atoms with Crippen molar-refractivity contribution in [2.45, 2.75) is 12.8 Å². The minimum Gasteiger partial charge on any atom is -0.306 e. The van der Waals surface area contributed by atoms with E-state index in [-0.39, 0.29) is 0 Å². The quantitative estimate of drug-likeness (QED) is 0.756. The number of piperidine rings is 1. The van der Waals surface area contributed by atoms with E-state index in [1.807, 2.05) is 12.1 Å². The Morgan fingerprint density at radius 3 is 2.44 bits per heavy atom. The minimum atomic E-state index is 0.742. The Morgan fingerprint density at radius 1 is 1.19 bits per heavy atom. The van der Waals surface area contributed by atoms with Crippen molar-refractivity contribution >= 4 is 17.7 Å². The van der Waals surface area contributed by atoms with Gasteiger partial charge in [-0.2, -0.15) is 0 Å². The summed E-state index contributed by atoms with van der Waals surface area (Å²) >= 11 is 5.85. The molecule has 1 nitrogen and oxygen atoms in total. The van der Waals surface area contributed by atoms with E-state index in [2.05, 4.69) is 36.2 Å². The summed E-state index contributed by atoms with van der Waals surface area (Å²) < 4.78 is 0. The smallest absolute Gasteiger partial charge is 0.0406 e. The Labute approximate surface area is 103 Å². The van der Waals surface area contributed by atoms with Crippen LogP contribution in [0.5, 0.6) is 0 Å². The molecule has 1 aliphatic rings. The molecule has 1 saturated heterocycles. The van der Waals surface area contributed by atoms with E-state index in [9.17, 15) is 0 Å². The van der Waals surface area contributed by atoms with E-state index in [4.69, 9.17) is 11.6 Å². The largest absolute Gasteiger partial charge is 0.306 e. The molecule has 16 heavy (non-hydrogen) atoms. The molecule has 1 heterocycles. The zero-order valence-electron chi connectivity index (χ0n) is 9.70. The van der Waals surface area contributed by atoms with Gasteiger partial charge in [0.1, 0.15) is 0 Å². The van der Waals surface area contributed by atoms with Crippen LogP contribution in [0, 0.1) is 5.92 Å². The van der Waals surface area contributed by atoms with Crippen molar-refractivity contribution in [2.75, 3.05) is 20.1 Å². The number of nitrogens with zero attached hydrogens (tertiary/aromatic N) is 1. The lowest BCUT2D eigenvalue weighted by atomic mass is 9.96. The first-order valence-electron chi connectivity index (χ1n) is 5.86. The molecule has 0 spiro atoms. The number of likely N-dealkylation sites (tertiary alicyclic amines) is 1. The molecule has 86 valence electrons. The van der Waals surface area contributed by atoms with Crippen LogP contribution in [0.1, 0.15) is 18.4 Å². The molecule has 0 aliphatic carbocycles. The first-order chi connectivity index (χ1) is 7.74. The van der Waals surface area contributed by atoms with Gasteiger partial charge in [0.15, 0.2) is 0 Å². The van der Waals surface area contributed by atoms with Gasteiger partial charge in [-0.1, -0.05) is 35.9 Å². The Kier molecular flexibility index (Phi) is 4.03. The second-order valence-electron chi connectivity index (χ2n) is 4.55. The molecule has 2 rings (SSSR count). The molecule has 0 atom stereocenters. The van der Waals surface area contributed by atoms with Crippen LogP contribution in [-0.4, -0.2) is 25.0 Å². The number of halogens is 1. The number of rotatable bonds is 2. The van der Waals surface area contributed by atoms with E-state index in [1.54, 1.807) is 0 Å². The standard InChI is InChI=1S/C14H18ClN/c1-16-10-8-13(9-11-16)3-2-12-4-6-14(15)7-5-12/h2-7,13H,8-11H2,1H3/b3-2+. The topological polar surface area (TPSA) is 3.24 Å². The summed E-state index contributed by atoms with van der Waals surface area (Å²) in [4.78, 5) is 2.40. The summed E-state index contributed by atoms with van der Waals surface area (Å²) in [6, 6.07) is 8.01. The van der Waals surface area contributed by atoms with Crippen molar-refractivity contribution in [3.05, 3.63) is 40.9 Å². The van der Waals surface area contributed by atoms with Crippen molar-refractivity contribution in [2.24, 2.45) is 5.92 Å². The molecule has 0 N–H and O–H groups in total. The van der Waals surface area contributed by atoms with Gasteiger partial charge < -0.3 is 4.90 Å². The summed E-state index contributed by atoms with van der Waals surface area (Å²) in [6.45, 7) is 2.44. The van der Waals surface area contributed by atoms with Gasteiger partial charge in [0.05, 0.1) is 0 Å². The lowest BCUT2D eigenvalue weighted by molar-refractivity contribution is 0.244. The fourth-order valence-electron chi connectivity index (χ4n) is 2.04. The zero-order chi connectivity index (χ0) is 11.4. The zero-order valence-corrected chi connectivity index (χ0v) is 10.5. The number of benzene rings is 1. The van der Waals surface area contributed by atoms with Crippen LogP contribution in [0.2, 0.25) is 5.02 Å². The maximum absolute atomic E-state index is 5.85. The van der Waals surface area contributed by atoms with Crippen LogP contribution in [0.4, 0.5) is 0 Å². The monoisotopic (exact) mass is 235 g/mol. The van der Waals surface area contributed by atoms with Gasteiger partial charge in [0.2, 0.25) is 0 Å². The van der Waals surface area contributed by atoms with Gasteiger partial charge in [0.25, 0.3) is 0 Å². The molecule has 2 heteroatoms. The Bertz CT molecular complexity index is 348. The van der Waals surface area contributed by atoms with Crippen molar-refractivity contribution in [3.8, 4) is 0 Å². The average Bonchev–Trinajstić information content (AvgIpc) is 2.30. The first-order valence-corrected chi connectivity index (χ1v) is 6.24. The van der Waals surface area contributed by atoms with Crippen molar-refractivity contribution in [3.63, 3.8) is 0 Å². The van der Waals surface area contributed by atoms with E-state index in [1.165, 1.54) is 31.5 Å². The summed E-state index contributed by atoms with van der Waals surface area (Å²) in [5.41, 5.74) is 1.24. The summed E-state index contributed by atoms with van der Waals surface area (Å²) in [7, 11) is 2.19. The molecule has 0 saturated carbocycles. The Morgan fingerprint density at radius 2 is 1.81 bits per heavy atom. The highest BCUT2D eigenvalue weighted by Gasteiger charge is 2.13. The normalized spacial score (nSPS) is 19.4. The highest BCUT2D eigenvalue weighted by atomic mass is 35.5. The van der Waals surface area contributed by atoms with Gasteiger partial charge in [-0.3, -0.25) is 0 Å². The maximum Gasteiger partial charge on any atom is 0.0406 e. The molecule has 1 aromatic carbocycles. The highest BCUT2D eigenvalue weighted by molar-refractivity contribution is 6.30. The predicted octanol–water partition coefficient (Wildman–Crippen LogP) is 3.70. The highest BCUT2D eigenvalue weighted by Crippen LogP contribution is 2.19. The van der Waals surface area contributed by atoms with Crippen LogP contribution >= 0.6 is 11.6 Å². The van der Waals surface area contributed by atoms with Crippen LogP contribution in [0.3, 0.4) is 0 Å². The van der Waals surface area contributed by atoms with Crippen LogP contribution in [0.25, 0.3) is 6.08 Å².